The standard InChI is InChI=1S/C21H22N4O4/c1-4-29-15-7-5-14(6-8-15)24-21(26)18-12-20(23-13-22-18)25-17-11-16(27-2)9-10-19(17)28-3/h5-13H,4H2,1-3H3,(H,24,26)(H,22,23,25). The lowest BCUT2D eigenvalue weighted by Gasteiger charge is -2.12. The van der Waals surface area contributed by atoms with E-state index in [9.17, 15) is 4.79 Å². The highest BCUT2D eigenvalue weighted by Crippen LogP contribution is 2.31. The Balaban J connectivity index is 1.74. The number of benzene rings is 2. The third-order valence-electron chi connectivity index (χ3n) is 3.99. The molecular weight excluding hydrogens is 372 g/mol. The number of hydrogen-bond acceptors (Lipinski definition) is 7. The van der Waals surface area contributed by atoms with Crippen molar-refractivity contribution < 1.29 is 19.0 Å². The van der Waals surface area contributed by atoms with E-state index in [1.54, 1.807) is 62.8 Å². The van der Waals surface area contributed by atoms with Crippen LogP contribution in [0, 0.1) is 0 Å². The van der Waals surface area contributed by atoms with E-state index in [4.69, 9.17) is 14.2 Å². The summed E-state index contributed by atoms with van der Waals surface area (Å²) in [5.41, 5.74) is 1.52. The van der Waals surface area contributed by atoms with Gasteiger partial charge in [0, 0.05) is 17.8 Å². The highest BCUT2D eigenvalue weighted by atomic mass is 16.5. The predicted octanol–water partition coefficient (Wildman–Crippen LogP) is 3.89. The van der Waals surface area contributed by atoms with E-state index >= 15 is 0 Å². The van der Waals surface area contributed by atoms with Gasteiger partial charge in [-0.2, -0.15) is 0 Å². The van der Waals surface area contributed by atoms with Crippen molar-refractivity contribution in [1.82, 2.24) is 9.97 Å². The molecule has 0 saturated heterocycles. The van der Waals surface area contributed by atoms with Crippen LogP contribution in [0.4, 0.5) is 17.2 Å². The molecule has 2 aromatic carbocycles. The highest BCUT2D eigenvalue weighted by molar-refractivity contribution is 6.03. The van der Waals surface area contributed by atoms with Crippen molar-refractivity contribution in [3.8, 4) is 17.2 Å². The van der Waals surface area contributed by atoms with Crippen molar-refractivity contribution >= 4 is 23.1 Å². The van der Waals surface area contributed by atoms with E-state index in [0.29, 0.717) is 35.3 Å². The number of hydrogen-bond donors (Lipinski definition) is 2. The van der Waals surface area contributed by atoms with Gasteiger partial charge >= 0.3 is 0 Å². The molecule has 3 aromatic rings. The summed E-state index contributed by atoms with van der Waals surface area (Å²) >= 11 is 0. The smallest absolute Gasteiger partial charge is 0.274 e. The molecule has 1 aromatic heterocycles. The molecular formula is C21H22N4O4. The molecule has 0 spiro atoms. The first-order valence-electron chi connectivity index (χ1n) is 8.98. The van der Waals surface area contributed by atoms with Crippen molar-refractivity contribution in [3.63, 3.8) is 0 Å². The van der Waals surface area contributed by atoms with Gasteiger partial charge in [0.05, 0.1) is 26.5 Å². The number of amides is 1. The Hall–Kier alpha value is -3.81. The molecule has 150 valence electrons. The quantitative estimate of drug-likeness (QED) is 0.598. The van der Waals surface area contributed by atoms with Crippen LogP contribution in [-0.4, -0.2) is 36.7 Å². The zero-order valence-electron chi connectivity index (χ0n) is 16.4. The predicted molar refractivity (Wildman–Crippen MR) is 110 cm³/mol. The lowest BCUT2D eigenvalue weighted by atomic mass is 10.2. The van der Waals surface area contributed by atoms with Crippen molar-refractivity contribution in [2.75, 3.05) is 31.5 Å². The molecule has 8 heteroatoms. The Morgan fingerprint density at radius 1 is 0.966 bits per heavy atom. The summed E-state index contributed by atoms with van der Waals surface area (Å²) < 4.78 is 16.0. The first-order chi connectivity index (χ1) is 14.1. The van der Waals surface area contributed by atoms with E-state index in [2.05, 4.69) is 20.6 Å². The summed E-state index contributed by atoms with van der Waals surface area (Å²) in [6.07, 6.45) is 1.32. The number of carbonyl (C=O) groups is 1. The molecule has 0 aliphatic rings. The van der Waals surface area contributed by atoms with Crippen LogP contribution in [0.5, 0.6) is 17.2 Å². The average molecular weight is 394 g/mol. The zero-order valence-corrected chi connectivity index (χ0v) is 16.4. The second-order valence-electron chi connectivity index (χ2n) is 5.89. The molecule has 0 aliphatic carbocycles. The van der Waals surface area contributed by atoms with Crippen LogP contribution in [0.1, 0.15) is 17.4 Å². The van der Waals surface area contributed by atoms with Crippen LogP contribution in [0.25, 0.3) is 0 Å². The summed E-state index contributed by atoms with van der Waals surface area (Å²) in [7, 11) is 3.16. The third kappa shape index (κ3) is 5.13. The van der Waals surface area contributed by atoms with Gasteiger partial charge in [-0.25, -0.2) is 9.97 Å². The maximum atomic E-state index is 12.5. The fourth-order valence-electron chi connectivity index (χ4n) is 2.60. The van der Waals surface area contributed by atoms with Gasteiger partial charge in [-0.15, -0.1) is 0 Å². The maximum absolute atomic E-state index is 12.5. The Kier molecular flexibility index (Phi) is 6.47. The molecule has 0 bridgehead atoms. The van der Waals surface area contributed by atoms with Gasteiger partial charge in [-0.3, -0.25) is 4.79 Å². The molecule has 0 unspecified atom stereocenters. The van der Waals surface area contributed by atoms with Gasteiger partial charge in [0.15, 0.2) is 0 Å². The topological polar surface area (TPSA) is 94.6 Å². The minimum atomic E-state index is -0.350. The van der Waals surface area contributed by atoms with Crippen LogP contribution < -0.4 is 24.8 Å². The fourth-order valence-corrected chi connectivity index (χ4v) is 2.60. The second kappa shape index (κ2) is 9.41. The van der Waals surface area contributed by atoms with Gasteiger partial charge in [-0.05, 0) is 43.3 Å². The largest absolute Gasteiger partial charge is 0.497 e. The number of aromatic nitrogens is 2. The Bertz CT molecular complexity index is 977. The number of ether oxygens (including phenoxy) is 3. The molecule has 1 amide bonds. The first kappa shape index (κ1) is 19.9. The molecule has 2 N–H and O–H groups in total. The number of carbonyl (C=O) groups excluding carboxylic acids is 1. The maximum Gasteiger partial charge on any atom is 0.274 e. The number of methoxy groups -OCH3 is 2. The second-order valence-corrected chi connectivity index (χ2v) is 5.89. The van der Waals surface area contributed by atoms with E-state index < -0.39 is 0 Å². The van der Waals surface area contributed by atoms with Crippen LogP contribution in [0.2, 0.25) is 0 Å². The van der Waals surface area contributed by atoms with E-state index in [1.165, 1.54) is 6.33 Å². The molecule has 0 aliphatic heterocycles. The summed E-state index contributed by atoms with van der Waals surface area (Å²) in [5.74, 6) is 2.12. The zero-order chi connectivity index (χ0) is 20.6. The summed E-state index contributed by atoms with van der Waals surface area (Å²) in [5, 5.41) is 5.93. The Morgan fingerprint density at radius 3 is 2.41 bits per heavy atom. The lowest BCUT2D eigenvalue weighted by molar-refractivity contribution is 0.102. The van der Waals surface area contributed by atoms with Crippen molar-refractivity contribution in [1.29, 1.82) is 0 Å². The van der Waals surface area contributed by atoms with Crippen LogP contribution in [0.15, 0.2) is 54.9 Å². The number of nitrogens with one attached hydrogen (secondary N) is 2. The normalized spacial score (nSPS) is 10.2. The summed E-state index contributed by atoms with van der Waals surface area (Å²) in [6, 6.07) is 14.0. The monoisotopic (exact) mass is 394 g/mol. The van der Waals surface area contributed by atoms with Crippen molar-refractivity contribution in [2.24, 2.45) is 0 Å². The molecule has 0 saturated carbocycles. The van der Waals surface area contributed by atoms with E-state index in [1.807, 2.05) is 6.92 Å². The van der Waals surface area contributed by atoms with Gasteiger partial charge < -0.3 is 24.8 Å². The minimum Gasteiger partial charge on any atom is -0.497 e. The Labute approximate surface area is 168 Å². The SMILES string of the molecule is CCOc1ccc(NC(=O)c2cc(Nc3cc(OC)ccc3OC)ncn2)cc1. The fraction of sp³-hybridized carbons (Fsp3) is 0.190. The molecule has 1 heterocycles. The van der Waals surface area contributed by atoms with E-state index in [0.717, 1.165) is 5.75 Å². The molecule has 0 fully saturated rings. The van der Waals surface area contributed by atoms with Gasteiger partial charge in [0.1, 0.15) is 35.1 Å². The number of anilines is 3. The molecule has 0 radical (unpaired) electrons. The van der Waals surface area contributed by atoms with Crippen LogP contribution in [0.3, 0.4) is 0 Å². The van der Waals surface area contributed by atoms with Gasteiger partial charge in [0.2, 0.25) is 0 Å². The number of rotatable bonds is 8. The minimum absolute atomic E-state index is 0.221. The third-order valence-corrected chi connectivity index (χ3v) is 3.99. The van der Waals surface area contributed by atoms with Crippen LogP contribution >= 0.6 is 0 Å². The average Bonchev–Trinajstić information content (AvgIpc) is 2.75. The molecule has 8 nitrogen and oxygen atoms in total. The van der Waals surface area contributed by atoms with E-state index in [-0.39, 0.29) is 11.6 Å². The van der Waals surface area contributed by atoms with Gasteiger partial charge in [-0.1, -0.05) is 0 Å². The molecule has 3 rings (SSSR count). The van der Waals surface area contributed by atoms with Crippen molar-refractivity contribution in [2.45, 2.75) is 6.92 Å². The summed E-state index contributed by atoms with van der Waals surface area (Å²) in [6.45, 7) is 2.50. The lowest BCUT2D eigenvalue weighted by Crippen LogP contribution is -2.14. The molecule has 0 atom stereocenters. The number of nitrogens with zero attached hydrogens (tertiary/aromatic N) is 2. The summed E-state index contributed by atoms with van der Waals surface area (Å²) in [4.78, 5) is 20.8. The molecule has 29 heavy (non-hydrogen) atoms. The van der Waals surface area contributed by atoms with Crippen molar-refractivity contribution in [3.05, 3.63) is 60.6 Å². The highest BCUT2D eigenvalue weighted by Gasteiger charge is 2.11. The Morgan fingerprint density at radius 2 is 1.72 bits per heavy atom. The first-order valence-corrected chi connectivity index (χ1v) is 8.98. The van der Waals surface area contributed by atoms with Gasteiger partial charge in [0.25, 0.3) is 5.91 Å². The van der Waals surface area contributed by atoms with Crippen LogP contribution in [-0.2, 0) is 0 Å².